The fourth-order valence-corrected chi connectivity index (χ4v) is 8.20. The number of nitrogens with one attached hydrogen (secondary N) is 1. The Morgan fingerprint density at radius 2 is 1.90 bits per heavy atom. The molecule has 210 valence electrons. The number of carbonyl (C=O) groups excluding carboxylic acids is 1. The monoisotopic (exact) mass is 534 g/mol. The van der Waals surface area contributed by atoms with Crippen LogP contribution in [0.2, 0.25) is 0 Å². The minimum Gasteiger partial charge on any atom is -0.496 e. The second kappa shape index (κ2) is 11.2. The summed E-state index contributed by atoms with van der Waals surface area (Å²) < 4.78 is 27.8. The lowest BCUT2D eigenvalue weighted by atomic mass is 9.69. The molecule has 0 aromatic heterocycles. The summed E-state index contributed by atoms with van der Waals surface area (Å²) in [5.74, 6) is 1.24. The summed E-state index contributed by atoms with van der Waals surface area (Å²) in [5, 5.41) is 3.50. The largest absolute Gasteiger partial charge is 0.496 e. The number of ether oxygens (including phenoxy) is 2. The summed E-state index contributed by atoms with van der Waals surface area (Å²) in [5.41, 5.74) is 2.13. The van der Waals surface area contributed by atoms with Crippen LogP contribution in [0.1, 0.15) is 74.5 Å². The Labute approximate surface area is 232 Å². The fourth-order valence-electron chi connectivity index (χ4n) is 8.20. The highest BCUT2D eigenvalue weighted by atomic mass is 19.1. The van der Waals surface area contributed by atoms with Crippen LogP contribution in [0.15, 0.2) is 42.5 Å². The zero-order valence-corrected chi connectivity index (χ0v) is 23.5. The predicted molar refractivity (Wildman–Crippen MR) is 151 cm³/mol. The van der Waals surface area contributed by atoms with Gasteiger partial charge < -0.3 is 19.7 Å². The molecule has 1 spiro atoms. The van der Waals surface area contributed by atoms with E-state index in [0.29, 0.717) is 49.3 Å². The maximum absolute atomic E-state index is 15.8. The van der Waals surface area contributed by atoms with E-state index < -0.39 is 5.41 Å². The summed E-state index contributed by atoms with van der Waals surface area (Å²) in [6, 6.07) is 14.3. The number of amides is 1. The smallest absolute Gasteiger partial charge is 0.228 e. The Balaban J connectivity index is 1.36. The number of fused-ring (bicyclic) bond motifs is 2. The second-order valence-electron chi connectivity index (χ2n) is 12.4. The average Bonchev–Trinajstić information content (AvgIpc) is 3.34. The van der Waals surface area contributed by atoms with Gasteiger partial charge in [0.05, 0.1) is 25.7 Å². The van der Waals surface area contributed by atoms with Crippen LogP contribution in [-0.2, 0) is 21.4 Å². The number of benzene rings is 2. The third kappa shape index (κ3) is 4.88. The van der Waals surface area contributed by atoms with Gasteiger partial charge in [0.25, 0.3) is 0 Å². The second-order valence-corrected chi connectivity index (χ2v) is 12.4. The number of likely N-dealkylation sites (tertiary alicyclic amines) is 1. The van der Waals surface area contributed by atoms with Gasteiger partial charge in [0.2, 0.25) is 5.91 Å². The van der Waals surface area contributed by atoms with Gasteiger partial charge in [-0.2, -0.15) is 0 Å². The molecular formula is C33H43FN2O3. The van der Waals surface area contributed by atoms with E-state index in [2.05, 4.69) is 40.5 Å². The van der Waals surface area contributed by atoms with Crippen LogP contribution < -0.4 is 10.1 Å². The van der Waals surface area contributed by atoms with E-state index in [4.69, 9.17) is 9.47 Å². The molecule has 5 unspecified atom stereocenters. The molecule has 39 heavy (non-hydrogen) atoms. The highest BCUT2D eigenvalue weighted by Crippen LogP contribution is 2.47. The van der Waals surface area contributed by atoms with Crippen LogP contribution in [0, 0.1) is 17.7 Å². The van der Waals surface area contributed by atoms with Crippen molar-refractivity contribution in [3.8, 4) is 5.75 Å². The highest BCUT2D eigenvalue weighted by molar-refractivity contribution is 5.82. The fraction of sp³-hybridized carbons (Fsp3) is 0.606. The molecule has 0 bridgehead atoms. The number of rotatable bonds is 4. The highest BCUT2D eigenvalue weighted by Gasteiger charge is 2.54. The molecule has 5 nitrogen and oxygen atoms in total. The third-order valence-electron chi connectivity index (χ3n) is 10.2. The van der Waals surface area contributed by atoms with Crippen molar-refractivity contribution in [1.29, 1.82) is 0 Å². The van der Waals surface area contributed by atoms with E-state index >= 15 is 4.39 Å². The van der Waals surface area contributed by atoms with Crippen molar-refractivity contribution < 1.29 is 18.7 Å². The third-order valence-corrected chi connectivity index (χ3v) is 10.2. The topological polar surface area (TPSA) is 50.8 Å². The summed E-state index contributed by atoms with van der Waals surface area (Å²) in [4.78, 5) is 16.9. The molecule has 1 amide bonds. The molecule has 6 heteroatoms. The molecule has 1 saturated carbocycles. The van der Waals surface area contributed by atoms with Crippen LogP contribution in [0.5, 0.6) is 5.75 Å². The molecular weight excluding hydrogens is 491 g/mol. The molecule has 0 radical (unpaired) electrons. The molecule has 3 aliphatic heterocycles. The Bertz CT molecular complexity index is 1170. The van der Waals surface area contributed by atoms with Gasteiger partial charge in [0, 0.05) is 48.6 Å². The summed E-state index contributed by atoms with van der Waals surface area (Å²) in [6.45, 7) is 4.20. The van der Waals surface area contributed by atoms with Crippen LogP contribution in [-0.4, -0.2) is 56.3 Å². The van der Waals surface area contributed by atoms with Gasteiger partial charge in [-0.3, -0.25) is 4.79 Å². The zero-order valence-electron chi connectivity index (χ0n) is 23.5. The lowest BCUT2D eigenvalue weighted by Crippen LogP contribution is -2.55. The summed E-state index contributed by atoms with van der Waals surface area (Å²) in [6.07, 6.45) is 8.66. The Kier molecular flexibility index (Phi) is 7.69. The summed E-state index contributed by atoms with van der Waals surface area (Å²) in [7, 11) is 1.64. The van der Waals surface area contributed by atoms with Gasteiger partial charge in [-0.05, 0) is 62.1 Å². The Morgan fingerprint density at radius 1 is 1.10 bits per heavy atom. The number of halogens is 1. The van der Waals surface area contributed by atoms with E-state index in [1.54, 1.807) is 13.2 Å². The number of carbonyl (C=O) groups is 1. The van der Waals surface area contributed by atoms with E-state index in [1.807, 2.05) is 6.92 Å². The van der Waals surface area contributed by atoms with Crippen molar-refractivity contribution in [2.24, 2.45) is 11.8 Å². The standard InChI is InChI=1S/C33H43FN2O3/c1-22-17-26-30(38-2)14-13-28(34)31(26)33(21-39-22)20-35-19-27(33)32(37)36-16-15-25(23-9-5-3-6-10-23)18-29(36)24-11-7-4-8-12-24/h3,5-6,9-10,13-14,22,24-25,27,29,35H,4,7-8,11-12,15-21H2,1-2H3. The molecule has 1 N–H and O–H groups in total. The van der Waals surface area contributed by atoms with Crippen LogP contribution in [0.25, 0.3) is 0 Å². The minimum atomic E-state index is -0.747. The van der Waals surface area contributed by atoms with Crippen molar-refractivity contribution in [3.05, 3.63) is 65.0 Å². The van der Waals surface area contributed by atoms with Gasteiger partial charge in [0.15, 0.2) is 0 Å². The van der Waals surface area contributed by atoms with Gasteiger partial charge in [-0.15, -0.1) is 0 Å². The lowest BCUT2D eigenvalue weighted by Gasteiger charge is -2.47. The SMILES string of the molecule is COc1ccc(F)c2c1CC(C)OCC21CNCC1C(=O)N1CCC(c2ccccc2)CC1C1CCCCC1. The normalized spacial score (nSPS) is 31.6. The first-order chi connectivity index (χ1) is 19.0. The van der Waals surface area contributed by atoms with Crippen molar-refractivity contribution in [2.75, 3.05) is 33.4 Å². The summed E-state index contributed by atoms with van der Waals surface area (Å²) >= 11 is 0. The number of methoxy groups -OCH3 is 1. The number of hydrogen-bond acceptors (Lipinski definition) is 4. The maximum Gasteiger partial charge on any atom is 0.228 e. The van der Waals surface area contributed by atoms with Crippen LogP contribution in [0.3, 0.4) is 0 Å². The predicted octanol–water partition coefficient (Wildman–Crippen LogP) is 5.61. The molecule has 3 heterocycles. The molecule has 4 aliphatic rings. The Hall–Kier alpha value is -2.44. The van der Waals surface area contributed by atoms with Crippen LogP contribution in [0.4, 0.5) is 4.39 Å². The number of nitrogens with zero attached hydrogens (tertiary/aromatic N) is 1. The van der Waals surface area contributed by atoms with E-state index in [1.165, 1.54) is 43.7 Å². The number of piperidine rings is 1. The van der Waals surface area contributed by atoms with Crippen molar-refractivity contribution in [2.45, 2.75) is 81.8 Å². The molecule has 6 rings (SSSR count). The Morgan fingerprint density at radius 3 is 2.67 bits per heavy atom. The average molecular weight is 535 g/mol. The van der Waals surface area contributed by atoms with E-state index in [0.717, 1.165) is 24.9 Å². The van der Waals surface area contributed by atoms with E-state index in [-0.39, 0.29) is 29.8 Å². The maximum atomic E-state index is 15.8. The van der Waals surface area contributed by atoms with Gasteiger partial charge in [0.1, 0.15) is 11.6 Å². The molecule has 2 aromatic rings. The van der Waals surface area contributed by atoms with Gasteiger partial charge in [-0.25, -0.2) is 4.39 Å². The first kappa shape index (κ1) is 26.8. The molecule has 3 fully saturated rings. The first-order valence-corrected chi connectivity index (χ1v) is 15.1. The molecule has 1 aliphatic carbocycles. The lowest BCUT2D eigenvalue weighted by molar-refractivity contribution is -0.144. The van der Waals surface area contributed by atoms with Gasteiger partial charge >= 0.3 is 0 Å². The minimum absolute atomic E-state index is 0.0771. The van der Waals surface area contributed by atoms with Gasteiger partial charge in [-0.1, -0.05) is 49.6 Å². The van der Waals surface area contributed by atoms with Crippen molar-refractivity contribution in [3.63, 3.8) is 0 Å². The van der Waals surface area contributed by atoms with Crippen molar-refractivity contribution in [1.82, 2.24) is 10.2 Å². The van der Waals surface area contributed by atoms with Crippen LogP contribution >= 0.6 is 0 Å². The van der Waals surface area contributed by atoms with Crippen molar-refractivity contribution >= 4 is 5.91 Å². The first-order valence-electron chi connectivity index (χ1n) is 15.1. The molecule has 2 aromatic carbocycles. The number of hydrogen-bond donors (Lipinski definition) is 1. The van der Waals surface area contributed by atoms with E-state index in [9.17, 15) is 4.79 Å². The zero-order chi connectivity index (χ0) is 27.0. The molecule has 2 saturated heterocycles. The molecule has 5 atom stereocenters. The quantitative estimate of drug-likeness (QED) is 0.554.